The lowest BCUT2D eigenvalue weighted by molar-refractivity contribution is -0.140. The molecule has 3 heterocycles. The molecule has 0 N–H and O–H groups in total. The van der Waals surface area contributed by atoms with Crippen LogP contribution in [0.5, 0.6) is 0 Å². The van der Waals surface area contributed by atoms with Crippen molar-refractivity contribution in [1.29, 1.82) is 0 Å². The number of aromatic nitrogens is 4. The first-order chi connectivity index (χ1) is 18.4. The number of amides is 1. The molecular weight excluding hydrogens is 505 g/mol. The zero-order chi connectivity index (χ0) is 28.1. The first kappa shape index (κ1) is 26.4. The van der Waals surface area contributed by atoms with Gasteiger partial charge in [0, 0.05) is 44.0 Å². The van der Waals surface area contributed by atoms with Crippen LogP contribution in [0.25, 0.3) is 22.8 Å². The molecule has 5 rings (SSSR count). The Bertz CT molecular complexity index is 1540. The van der Waals surface area contributed by atoms with Gasteiger partial charge in [-0.05, 0) is 17.0 Å². The van der Waals surface area contributed by atoms with E-state index in [0.29, 0.717) is 23.0 Å². The van der Waals surface area contributed by atoms with Gasteiger partial charge in [0.1, 0.15) is 17.5 Å². The van der Waals surface area contributed by atoms with Gasteiger partial charge in [-0.15, -0.1) is 0 Å². The van der Waals surface area contributed by atoms with Gasteiger partial charge in [0.05, 0.1) is 13.0 Å². The minimum Gasteiger partial charge on any atom is -0.362 e. The Labute approximate surface area is 225 Å². The van der Waals surface area contributed by atoms with E-state index in [2.05, 4.69) is 24.9 Å². The molecule has 7 nitrogen and oxygen atoms in total. The third kappa shape index (κ3) is 4.98. The molecule has 0 aliphatic carbocycles. The van der Waals surface area contributed by atoms with E-state index in [1.807, 2.05) is 37.2 Å². The zero-order valence-corrected chi connectivity index (χ0v) is 22.4. The van der Waals surface area contributed by atoms with E-state index >= 15 is 0 Å². The Hall–Kier alpha value is -4.21. The summed E-state index contributed by atoms with van der Waals surface area (Å²) in [6.07, 6.45) is -3.35. The number of halogens is 3. The molecule has 4 aromatic rings. The summed E-state index contributed by atoms with van der Waals surface area (Å²) in [5.74, 6) is 2.24. The van der Waals surface area contributed by atoms with E-state index < -0.39 is 11.9 Å². The molecule has 2 aromatic carbocycles. The first-order valence-corrected chi connectivity index (χ1v) is 12.6. The van der Waals surface area contributed by atoms with Crippen molar-refractivity contribution in [2.45, 2.75) is 38.9 Å². The number of hydrogen-bond donors (Lipinski definition) is 0. The van der Waals surface area contributed by atoms with Crippen molar-refractivity contribution >= 4 is 17.5 Å². The van der Waals surface area contributed by atoms with E-state index in [-0.39, 0.29) is 30.6 Å². The molecule has 0 saturated carbocycles. The normalized spacial score (nSPS) is 13.4. The number of benzene rings is 2. The standard InChI is InChI=1S/C29H29F3N6O/c1-17(2)20-8-6-7-9-21(20)25-34-27(36(3)4)22-14-24(39)38(28(22)35-25)15-18-10-12-19(13-11-18)26-33-23(16-37(26)5)29(30,31)32/h6-13,16-17H,14-15H2,1-5H3. The molecule has 1 aliphatic rings. The smallest absolute Gasteiger partial charge is 0.362 e. The number of carbonyl (C=O) groups is 1. The Morgan fingerprint density at radius 3 is 2.31 bits per heavy atom. The van der Waals surface area contributed by atoms with Crippen LogP contribution in [-0.4, -0.2) is 39.5 Å². The molecule has 0 bridgehead atoms. The van der Waals surface area contributed by atoms with Crippen LogP contribution >= 0.6 is 0 Å². The fourth-order valence-electron chi connectivity index (χ4n) is 4.88. The summed E-state index contributed by atoms with van der Waals surface area (Å²) in [5.41, 5.74) is 3.26. The molecule has 0 fully saturated rings. The van der Waals surface area contributed by atoms with Gasteiger partial charge in [-0.3, -0.25) is 9.69 Å². The number of carbonyl (C=O) groups excluding carboxylic acids is 1. The maximum Gasteiger partial charge on any atom is 0.434 e. The highest BCUT2D eigenvalue weighted by Crippen LogP contribution is 2.38. The second-order valence-corrected chi connectivity index (χ2v) is 10.2. The van der Waals surface area contributed by atoms with Gasteiger partial charge in [0.15, 0.2) is 11.5 Å². The van der Waals surface area contributed by atoms with E-state index in [0.717, 1.165) is 28.5 Å². The van der Waals surface area contributed by atoms with Crippen LogP contribution in [0.15, 0.2) is 54.7 Å². The maximum atomic E-state index is 13.2. The Balaban J connectivity index is 1.49. The minimum absolute atomic E-state index is 0.0836. The molecule has 0 spiro atoms. The van der Waals surface area contributed by atoms with Gasteiger partial charge in [-0.25, -0.2) is 15.0 Å². The lowest BCUT2D eigenvalue weighted by Crippen LogP contribution is -2.26. The number of rotatable bonds is 6. The van der Waals surface area contributed by atoms with Crippen LogP contribution < -0.4 is 9.80 Å². The largest absolute Gasteiger partial charge is 0.434 e. The molecule has 0 atom stereocenters. The SMILES string of the molecule is CC(C)c1ccccc1-c1nc(N(C)C)c2c(n1)N(Cc1ccc(-c3nc(C(F)(F)F)cn3C)cc1)C(=O)C2. The van der Waals surface area contributed by atoms with Crippen molar-refractivity contribution in [2.75, 3.05) is 23.9 Å². The molecule has 202 valence electrons. The van der Waals surface area contributed by atoms with E-state index in [9.17, 15) is 18.0 Å². The van der Waals surface area contributed by atoms with Crippen LogP contribution in [0, 0.1) is 0 Å². The molecular formula is C29H29F3N6O. The van der Waals surface area contributed by atoms with Crippen LogP contribution in [0.4, 0.5) is 24.8 Å². The quantitative estimate of drug-likeness (QED) is 0.311. The highest BCUT2D eigenvalue weighted by atomic mass is 19.4. The molecule has 0 saturated heterocycles. The van der Waals surface area contributed by atoms with Gasteiger partial charge in [-0.2, -0.15) is 13.2 Å². The van der Waals surface area contributed by atoms with Gasteiger partial charge in [0.2, 0.25) is 5.91 Å². The van der Waals surface area contributed by atoms with E-state index in [4.69, 9.17) is 9.97 Å². The molecule has 10 heteroatoms. The van der Waals surface area contributed by atoms with Crippen molar-refractivity contribution in [3.05, 3.63) is 77.1 Å². The van der Waals surface area contributed by atoms with Gasteiger partial charge in [-0.1, -0.05) is 62.4 Å². The number of nitrogens with zero attached hydrogens (tertiary/aromatic N) is 6. The maximum absolute atomic E-state index is 13.2. The third-order valence-corrected chi connectivity index (χ3v) is 6.82. The van der Waals surface area contributed by atoms with Crippen LogP contribution in [0.2, 0.25) is 0 Å². The average molecular weight is 535 g/mol. The lowest BCUT2D eigenvalue weighted by atomic mass is 9.97. The Morgan fingerprint density at radius 1 is 1.00 bits per heavy atom. The number of imidazole rings is 1. The van der Waals surface area contributed by atoms with E-state index in [1.54, 1.807) is 29.2 Å². The number of hydrogen-bond acceptors (Lipinski definition) is 5. The molecule has 2 aromatic heterocycles. The van der Waals surface area contributed by atoms with Crippen molar-refractivity contribution in [2.24, 2.45) is 7.05 Å². The van der Waals surface area contributed by atoms with Gasteiger partial charge in [0.25, 0.3) is 0 Å². The van der Waals surface area contributed by atoms with E-state index in [1.165, 1.54) is 11.6 Å². The Kier molecular flexibility index (Phi) is 6.65. The first-order valence-electron chi connectivity index (χ1n) is 12.6. The summed E-state index contributed by atoms with van der Waals surface area (Å²) in [5, 5.41) is 0. The summed E-state index contributed by atoms with van der Waals surface area (Å²) in [6, 6.07) is 15.0. The van der Waals surface area contributed by atoms with Crippen molar-refractivity contribution < 1.29 is 18.0 Å². The number of fused-ring (bicyclic) bond motifs is 1. The third-order valence-electron chi connectivity index (χ3n) is 6.82. The fraction of sp³-hybridized carbons (Fsp3) is 0.310. The number of aryl methyl sites for hydroxylation is 1. The second-order valence-electron chi connectivity index (χ2n) is 10.2. The predicted molar refractivity (Wildman–Crippen MR) is 144 cm³/mol. The molecule has 0 unspecified atom stereocenters. The highest BCUT2D eigenvalue weighted by molar-refractivity contribution is 6.02. The molecule has 0 radical (unpaired) electrons. The van der Waals surface area contributed by atoms with Crippen LogP contribution in [-0.2, 0) is 31.0 Å². The summed E-state index contributed by atoms with van der Waals surface area (Å²) in [6.45, 7) is 4.51. The van der Waals surface area contributed by atoms with Crippen molar-refractivity contribution in [1.82, 2.24) is 19.5 Å². The summed E-state index contributed by atoms with van der Waals surface area (Å²) < 4.78 is 40.6. The fourth-order valence-corrected chi connectivity index (χ4v) is 4.88. The highest BCUT2D eigenvalue weighted by Gasteiger charge is 2.35. The Morgan fingerprint density at radius 2 is 1.69 bits per heavy atom. The molecule has 1 aliphatic heterocycles. The topological polar surface area (TPSA) is 67.2 Å². The number of anilines is 2. The van der Waals surface area contributed by atoms with Crippen LogP contribution in [0.1, 0.15) is 42.1 Å². The predicted octanol–water partition coefficient (Wildman–Crippen LogP) is 5.84. The monoisotopic (exact) mass is 534 g/mol. The van der Waals surface area contributed by atoms with Gasteiger partial charge < -0.3 is 9.47 Å². The number of alkyl halides is 3. The summed E-state index contributed by atoms with van der Waals surface area (Å²) in [4.78, 5) is 30.2. The van der Waals surface area contributed by atoms with Gasteiger partial charge >= 0.3 is 6.18 Å². The van der Waals surface area contributed by atoms with Crippen LogP contribution in [0.3, 0.4) is 0 Å². The average Bonchev–Trinajstić information content (AvgIpc) is 3.43. The zero-order valence-electron chi connectivity index (χ0n) is 22.4. The second kappa shape index (κ2) is 9.83. The molecule has 1 amide bonds. The minimum atomic E-state index is -4.51. The summed E-state index contributed by atoms with van der Waals surface area (Å²) >= 11 is 0. The summed E-state index contributed by atoms with van der Waals surface area (Å²) in [7, 11) is 5.32. The van der Waals surface area contributed by atoms with Crippen molar-refractivity contribution in [3.63, 3.8) is 0 Å². The lowest BCUT2D eigenvalue weighted by Gasteiger charge is -2.21. The van der Waals surface area contributed by atoms with Crippen molar-refractivity contribution in [3.8, 4) is 22.8 Å². The molecule has 39 heavy (non-hydrogen) atoms.